The molecule has 1 nitrogen and oxygen atoms in total. The Morgan fingerprint density at radius 3 is 2.75 bits per heavy atom. The summed E-state index contributed by atoms with van der Waals surface area (Å²) in [6.07, 6.45) is -0.000702. The molecule has 1 rings (SSSR count). The Kier molecular flexibility index (Phi) is 3.06. The van der Waals surface area contributed by atoms with Gasteiger partial charge in [0.25, 0.3) is 0 Å². The average molecular weight is 189 g/mol. The molecule has 0 heterocycles. The van der Waals surface area contributed by atoms with E-state index in [2.05, 4.69) is 0 Å². The molecular formula is C9H10ClFO. The second-order valence-electron chi connectivity index (χ2n) is 2.80. The van der Waals surface area contributed by atoms with Gasteiger partial charge in [-0.1, -0.05) is 17.7 Å². The van der Waals surface area contributed by atoms with Gasteiger partial charge in [0.05, 0.1) is 11.1 Å². The van der Waals surface area contributed by atoms with Crippen LogP contribution < -0.4 is 0 Å². The molecule has 0 bridgehead atoms. The van der Waals surface area contributed by atoms with Crippen LogP contribution in [0.4, 0.5) is 4.39 Å². The highest BCUT2D eigenvalue weighted by Gasteiger charge is 2.03. The van der Waals surface area contributed by atoms with Crippen LogP contribution in [0.3, 0.4) is 0 Å². The van der Waals surface area contributed by atoms with Gasteiger partial charge < -0.3 is 5.11 Å². The SMILES string of the molecule is C[C@H](O)Cc1ccc(Cl)c(F)c1. The molecule has 0 spiro atoms. The van der Waals surface area contributed by atoms with E-state index >= 15 is 0 Å². The van der Waals surface area contributed by atoms with Gasteiger partial charge in [-0.3, -0.25) is 0 Å². The first kappa shape index (κ1) is 9.49. The summed E-state index contributed by atoms with van der Waals surface area (Å²) in [7, 11) is 0. The second kappa shape index (κ2) is 3.87. The minimum Gasteiger partial charge on any atom is -0.393 e. The summed E-state index contributed by atoms with van der Waals surface area (Å²) in [5.74, 6) is -0.435. The highest BCUT2D eigenvalue weighted by molar-refractivity contribution is 6.30. The Bertz CT molecular complexity index is 273. The van der Waals surface area contributed by atoms with Gasteiger partial charge in [0.1, 0.15) is 5.82 Å². The minimum atomic E-state index is -0.453. The van der Waals surface area contributed by atoms with Gasteiger partial charge in [0, 0.05) is 0 Å². The molecule has 0 aromatic heterocycles. The molecule has 3 heteroatoms. The zero-order valence-electron chi connectivity index (χ0n) is 6.72. The molecule has 0 fully saturated rings. The van der Waals surface area contributed by atoms with Crippen LogP contribution >= 0.6 is 11.6 Å². The molecule has 0 saturated carbocycles. The Morgan fingerprint density at radius 1 is 1.58 bits per heavy atom. The van der Waals surface area contributed by atoms with Crippen LogP contribution in [0.1, 0.15) is 12.5 Å². The van der Waals surface area contributed by atoms with Gasteiger partial charge in [-0.05, 0) is 31.0 Å². The molecule has 0 saturated heterocycles. The fourth-order valence-electron chi connectivity index (χ4n) is 1.01. The van der Waals surface area contributed by atoms with E-state index in [0.717, 1.165) is 5.56 Å². The average Bonchev–Trinajstić information content (AvgIpc) is 1.96. The van der Waals surface area contributed by atoms with Crippen molar-refractivity contribution in [2.75, 3.05) is 0 Å². The smallest absolute Gasteiger partial charge is 0.142 e. The van der Waals surface area contributed by atoms with Crippen molar-refractivity contribution in [3.05, 3.63) is 34.6 Å². The molecule has 0 aliphatic heterocycles. The lowest BCUT2D eigenvalue weighted by Gasteiger charge is -2.04. The van der Waals surface area contributed by atoms with E-state index in [9.17, 15) is 4.39 Å². The number of hydrogen-bond acceptors (Lipinski definition) is 1. The van der Waals surface area contributed by atoms with Crippen molar-refractivity contribution in [3.8, 4) is 0 Å². The molecule has 12 heavy (non-hydrogen) atoms. The van der Waals surface area contributed by atoms with Crippen LogP contribution in [-0.4, -0.2) is 11.2 Å². The molecular weight excluding hydrogens is 179 g/mol. The molecule has 1 aromatic carbocycles. The molecule has 66 valence electrons. The van der Waals surface area contributed by atoms with Crippen molar-refractivity contribution in [1.29, 1.82) is 0 Å². The van der Waals surface area contributed by atoms with Gasteiger partial charge in [-0.2, -0.15) is 0 Å². The second-order valence-corrected chi connectivity index (χ2v) is 3.21. The summed E-state index contributed by atoms with van der Waals surface area (Å²) in [4.78, 5) is 0. The maximum Gasteiger partial charge on any atom is 0.142 e. The molecule has 0 radical (unpaired) electrons. The molecule has 0 aliphatic rings. The zero-order chi connectivity index (χ0) is 9.14. The number of benzene rings is 1. The lowest BCUT2D eigenvalue weighted by molar-refractivity contribution is 0.195. The summed E-state index contributed by atoms with van der Waals surface area (Å²) < 4.78 is 12.8. The van der Waals surface area contributed by atoms with E-state index in [1.165, 1.54) is 12.1 Å². The minimum absolute atomic E-state index is 0.115. The van der Waals surface area contributed by atoms with Crippen LogP contribution in [-0.2, 0) is 6.42 Å². The summed E-state index contributed by atoms with van der Waals surface area (Å²) >= 11 is 5.48. The van der Waals surface area contributed by atoms with Gasteiger partial charge in [-0.25, -0.2) is 4.39 Å². The van der Waals surface area contributed by atoms with Crippen molar-refractivity contribution in [1.82, 2.24) is 0 Å². The van der Waals surface area contributed by atoms with E-state index in [1.807, 2.05) is 0 Å². The first-order chi connectivity index (χ1) is 5.59. The van der Waals surface area contributed by atoms with Gasteiger partial charge in [0.15, 0.2) is 0 Å². The molecule has 0 amide bonds. The predicted molar refractivity (Wildman–Crippen MR) is 46.8 cm³/mol. The summed E-state index contributed by atoms with van der Waals surface area (Å²) in [5, 5.41) is 9.13. The van der Waals surface area contributed by atoms with Gasteiger partial charge in [0.2, 0.25) is 0 Å². The number of aliphatic hydroxyl groups excluding tert-OH is 1. The van der Waals surface area contributed by atoms with E-state index in [1.54, 1.807) is 13.0 Å². The van der Waals surface area contributed by atoms with E-state index in [4.69, 9.17) is 16.7 Å². The number of aliphatic hydroxyl groups is 1. The quantitative estimate of drug-likeness (QED) is 0.756. The van der Waals surface area contributed by atoms with E-state index in [-0.39, 0.29) is 5.02 Å². The third kappa shape index (κ3) is 2.47. The van der Waals surface area contributed by atoms with Crippen molar-refractivity contribution >= 4 is 11.6 Å². The molecule has 1 atom stereocenters. The maximum atomic E-state index is 12.8. The highest BCUT2D eigenvalue weighted by atomic mass is 35.5. The highest BCUT2D eigenvalue weighted by Crippen LogP contribution is 2.16. The van der Waals surface area contributed by atoms with E-state index in [0.29, 0.717) is 6.42 Å². The third-order valence-electron chi connectivity index (χ3n) is 1.52. The first-order valence-electron chi connectivity index (χ1n) is 3.71. The van der Waals surface area contributed by atoms with Crippen molar-refractivity contribution in [3.63, 3.8) is 0 Å². The molecule has 0 unspecified atom stereocenters. The summed E-state index contributed by atoms with van der Waals surface area (Å²) in [6, 6.07) is 4.54. The standard InChI is InChI=1S/C9H10ClFO/c1-6(12)4-7-2-3-8(10)9(11)5-7/h2-3,5-6,12H,4H2,1H3/t6-/m0/s1. The lowest BCUT2D eigenvalue weighted by Crippen LogP contribution is -2.04. The van der Waals surface area contributed by atoms with Crippen molar-refractivity contribution < 1.29 is 9.50 Å². The Labute approximate surface area is 75.8 Å². The van der Waals surface area contributed by atoms with Crippen LogP contribution in [0, 0.1) is 5.82 Å². The van der Waals surface area contributed by atoms with E-state index < -0.39 is 11.9 Å². The predicted octanol–water partition coefficient (Wildman–Crippen LogP) is 2.40. The summed E-state index contributed by atoms with van der Waals surface area (Å²) in [5.41, 5.74) is 0.756. The Morgan fingerprint density at radius 2 is 2.25 bits per heavy atom. The largest absolute Gasteiger partial charge is 0.393 e. The third-order valence-corrected chi connectivity index (χ3v) is 1.82. The van der Waals surface area contributed by atoms with Gasteiger partial charge >= 0.3 is 0 Å². The number of halogens is 2. The molecule has 0 aliphatic carbocycles. The molecule has 1 N–H and O–H groups in total. The topological polar surface area (TPSA) is 20.2 Å². The van der Waals surface area contributed by atoms with Crippen LogP contribution in [0.5, 0.6) is 0 Å². The number of rotatable bonds is 2. The first-order valence-corrected chi connectivity index (χ1v) is 4.09. The van der Waals surface area contributed by atoms with Crippen molar-refractivity contribution in [2.45, 2.75) is 19.4 Å². The normalized spacial score (nSPS) is 13.0. The Hall–Kier alpha value is -0.600. The lowest BCUT2D eigenvalue weighted by atomic mass is 10.1. The zero-order valence-corrected chi connectivity index (χ0v) is 7.48. The Balaban J connectivity index is 2.82. The molecule has 1 aromatic rings. The van der Waals surface area contributed by atoms with Crippen LogP contribution in [0.2, 0.25) is 5.02 Å². The van der Waals surface area contributed by atoms with Gasteiger partial charge in [-0.15, -0.1) is 0 Å². The fraction of sp³-hybridized carbons (Fsp3) is 0.333. The summed E-state index contributed by atoms with van der Waals surface area (Å²) in [6.45, 7) is 1.66. The van der Waals surface area contributed by atoms with Crippen LogP contribution in [0.15, 0.2) is 18.2 Å². The van der Waals surface area contributed by atoms with Crippen molar-refractivity contribution in [2.24, 2.45) is 0 Å². The monoisotopic (exact) mass is 188 g/mol. The van der Waals surface area contributed by atoms with Crippen LogP contribution in [0.25, 0.3) is 0 Å². The number of hydrogen-bond donors (Lipinski definition) is 1. The maximum absolute atomic E-state index is 12.8. The fourth-order valence-corrected chi connectivity index (χ4v) is 1.13.